The van der Waals surface area contributed by atoms with E-state index in [9.17, 15) is 0 Å². The maximum Gasteiger partial charge on any atom is 0.0468 e. The molecule has 238 valence electrons. The van der Waals surface area contributed by atoms with Gasteiger partial charge in [-0.15, -0.1) is 0 Å². The lowest BCUT2D eigenvalue weighted by atomic mass is 9.92. The smallest absolute Gasteiger partial charge is 0.0468 e. The number of hydrogen-bond acceptors (Lipinski definition) is 2. The van der Waals surface area contributed by atoms with E-state index in [1.54, 1.807) is 0 Å². The molecule has 0 radical (unpaired) electrons. The summed E-state index contributed by atoms with van der Waals surface area (Å²) >= 11 is 0. The van der Waals surface area contributed by atoms with Gasteiger partial charge in [-0.2, -0.15) is 0 Å². The van der Waals surface area contributed by atoms with E-state index < -0.39 is 0 Å². The molecule has 0 unspecified atom stereocenters. The third-order valence-corrected chi connectivity index (χ3v) is 9.25. The second-order valence-corrected chi connectivity index (χ2v) is 12.5. The van der Waals surface area contributed by atoms with E-state index in [0.29, 0.717) is 0 Å². The Balaban J connectivity index is 1.19. The standard InChI is InChI=1S/C48H36N2/c49-43-28-24-41(25-29-43)47-33-32-46(34-48(47)42-22-20-38(21-23-42)36-12-6-2-7-13-36)50(44-14-8-3-9-15-44)45-30-26-40(27-31-45)39-18-16-37(17-19-39)35-10-4-1-5-11-35/h1-34H,49H2. The molecule has 8 aromatic carbocycles. The number of anilines is 4. The van der Waals surface area contributed by atoms with Crippen LogP contribution in [0.5, 0.6) is 0 Å². The Morgan fingerprint density at radius 3 is 1.10 bits per heavy atom. The van der Waals surface area contributed by atoms with Crippen molar-refractivity contribution in [2.75, 3.05) is 10.6 Å². The lowest BCUT2D eigenvalue weighted by molar-refractivity contribution is 1.28. The Hall–Kier alpha value is -6.64. The first kappa shape index (κ1) is 30.7. The number of nitrogens with two attached hydrogens (primary N) is 1. The van der Waals surface area contributed by atoms with Crippen LogP contribution < -0.4 is 10.6 Å². The van der Waals surface area contributed by atoms with Crippen LogP contribution in [0.3, 0.4) is 0 Å². The van der Waals surface area contributed by atoms with Crippen molar-refractivity contribution >= 4 is 22.7 Å². The van der Waals surface area contributed by atoms with Crippen molar-refractivity contribution in [3.63, 3.8) is 0 Å². The summed E-state index contributed by atoms with van der Waals surface area (Å²) in [6.07, 6.45) is 0. The fourth-order valence-electron chi connectivity index (χ4n) is 6.61. The SMILES string of the molecule is Nc1ccc(-c2ccc(N(c3ccccc3)c3ccc(-c4ccc(-c5ccccc5)cc4)cc3)cc2-c2ccc(-c3ccccc3)cc2)cc1. The molecule has 0 aliphatic carbocycles. The fraction of sp³-hybridized carbons (Fsp3) is 0. The molecule has 8 aromatic rings. The number of hydrogen-bond donors (Lipinski definition) is 1. The van der Waals surface area contributed by atoms with Crippen LogP contribution in [0.25, 0.3) is 55.6 Å². The quantitative estimate of drug-likeness (QED) is 0.167. The van der Waals surface area contributed by atoms with Gasteiger partial charge in [0.15, 0.2) is 0 Å². The summed E-state index contributed by atoms with van der Waals surface area (Å²) in [6.45, 7) is 0. The molecule has 2 nitrogen and oxygen atoms in total. The summed E-state index contributed by atoms with van der Waals surface area (Å²) in [5.74, 6) is 0. The zero-order valence-electron chi connectivity index (χ0n) is 27.7. The first-order valence-electron chi connectivity index (χ1n) is 17.0. The molecule has 50 heavy (non-hydrogen) atoms. The highest BCUT2D eigenvalue weighted by Gasteiger charge is 2.17. The number of rotatable bonds is 8. The molecular formula is C48H36N2. The molecule has 0 amide bonds. The molecule has 2 N–H and O–H groups in total. The van der Waals surface area contributed by atoms with Crippen LogP contribution in [0.2, 0.25) is 0 Å². The first-order chi connectivity index (χ1) is 24.7. The summed E-state index contributed by atoms with van der Waals surface area (Å²) in [5.41, 5.74) is 21.9. The van der Waals surface area contributed by atoms with Gasteiger partial charge in [-0.05, 0) is 104 Å². The summed E-state index contributed by atoms with van der Waals surface area (Å²) in [4.78, 5) is 2.33. The Kier molecular flexibility index (Phi) is 8.49. The highest BCUT2D eigenvalue weighted by molar-refractivity contribution is 5.90. The molecule has 2 heteroatoms. The van der Waals surface area contributed by atoms with Gasteiger partial charge in [0.05, 0.1) is 0 Å². The van der Waals surface area contributed by atoms with Gasteiger partial charge in [0.25, 0.3) is 0 Å². The van der Waals surface area contributed by atoms with Crippen LogP contribution in [-0.2, 0) is 0 Å². The summed E-state index contributed by atoms with van der Waals surface area (Å²) < 4.78 is 0. The third-order valence-electron chi connectivity index (χ3n) is 9.25. The van der Waals surface area contributed by atoms with Crippen LogP contribution in [-0.4, -0.2) is 0 Å². The van der Waals surface area contributed by atoms with Crippen LogP contribution in [0, 0.1) is 0 Å². The van der Waals surface area contributed by atoms with Gasteiger partial charge in [0, 0.05) is 22.7 Å². The van der Waals surface area contributed by atoms with Gasteiger partial charge in [-0.1, -0.05) is 158 Å². The molecular weight excluding hydrogens is 605 g/mol. The van der Waals surface area contributed by atoms with Gasteiger partial charge >= 0.3 is 0 Å². The lowest BCUT2D eigenvalue weighted by Gasteiger charge is -2.27. The van der Waals surface area contributed by atoms with Crippen LogP contribution in [0.1, 0.15) is 0 Å². The van der Waals surface area contributed by atoms with Crippen LogP contribution in [0.15, 0.2) is 206 Å². The van der Waals surface area contributed by atoms with Crippen LogP contribution in [0.4, 0.5) is 22.7 Å². The molecule has 0 saturated heterocycles. The minimum Gasteiger partial charge on any atom is -0.399 e. The monoisotopic (exact) mass is 640 g/mol. The van der Waals surface area contributed by atoms with Crippen molar-refractivity contribution in [3.05, 3.63) is 206 Å². The lowest BCUT2D eigenvalue weighted by Crippen LogP contribution is -2.10. The Labute approximate surface area is 294 Å². The van der Waals surface area contributed by atoms with E-state index in [1.165, 1.54) is 33.4 Å². The normalized spacial score (nSPS) is 10.9. The van der Waals surface area contributed by atoms with E-state index in [1.807, 2.05) is 12.1 Å². The number of benzene rings is 8. The first-order valence-corrected chi connectivity index (χ1v) is 17.0. The average molecular weight is 641 g/mol. The van der Waals surface area contributed by atoms with Gasteiger partial charge < -0.3 is 10.6 Å². The number of para-hydroxylation sites is 1. The van der Waals surface area contributed by atoms with E-state index >= 15 is 0 Å². The van der Waals surface area contributed by atoms with Crippen LogP contribution >= 0.6 is 0 Å². The molecule has 0 aliphatic rings. The second-order valence-electron chi connectivity index (χ2n) is 12.5. The fourth-order valence-corrected chi connectivity index (χ4v) is 6.61. The maximum atomic E-state index is 6.09. The Bertz CT molecular complexity index is 2310. The molecule has 0 fully saturated rings. The molecule has 8 rings (SSSR count). The summed E-state index contributed by atoms with van der Waals surface area (Å²) in [5, 5.41) is 0. The van der Waals surface area contributed by atoms with E-state index in [-0.39, 0.29) is 0 Å². The summed E-state index contributed by atoms with van der Waals surface area (Å²) in [7, 11) is 0. The second kappa shape index (κ2) is 13.8. The van der Waals surface area contributed by atoms with Crippen molar-refractivity contribution in [1.82, 2.24) is 0 Å². The van der Waals surface area contributed by atoms with Crippen molar-refractivity contribution in [2.24, 2.45) is 0 Å². The average Bonchev–Trinajstić information content (AvgIpc) is 3.20. The minimum absolute atomic E-state index is 0.755. The van der Waals surface area contributed by atoms with Crippen molar-refractivity contribution in [2.45, 2.75) is 0 Å². The van der Waals surface area contributed by atoms with Crippen molar-refractivity contribution in [3.8, 4) is 55.6 Å². The Morgan fingerprint density at radius 2 is 0.600 bits per heavy atom. The van der Waals surface area contributed by atoms with E-state index in [4.69, 9.17) is 5.73 Å². The number of nitrogen functional groups attached to an aromatic ring is 1. The van der Waals surface area contributed by atoms with Gasteiger partial charge in [-0.25, -0.2) is 0 Å². The minimum atomic E-state index is 0.755. The van der Waals surface area contributed by atoms with Gasteiger partial charge in [0.2, 0.25) is 0 Å². The highest BCUT2D eigenvalue weighted by Crippen LogP contribution is 2.41. The topological polar surface area (TPSA) is 29.3 Å². The van der Waals surface area contributed by atoms with Gasteiger partial charge in [0.1, 0.15) is 0 Å². The molecule has 0 aliphatic heterocycles. The number of nitrogens with zero attached hydrogens (tertiary/aromatic N) is 1. The predicted molar refractivity (Wildman–Crippen MR) is 213 cm³/mol. The molecule has 0 bridgehead atoms. The highest BCUT2D eigenvalue weighted by atomic mass is 15.1. The zero-order chi connectivity index (χ0) is 33.7. The molecule has 0 atom stereocenters. The molecule has 0 heterocycles. The third kappa shape index (κ3) is 6.43. The maximum absolute atomic E-state index is 6.09. The molecule has 0 saturated carbocycles. The van der Waals surface area contributed by atoms with Crippen molar-refractivity contribution < 1.29 is 0 Å². The zero-order valence-corrected chi connectivity index (χ0v) is 27.7. The van der Waals surface area contributed by atoms with E-state index in [0.717, 1.165) is 45.0 Å². The Morgan fingerprint density at radius 1 is 0.260 bits per heavy atom. The van der Waals surface area contributed by atoms with E-state index in [2.05, 4.69) is 199 Å². The summed E-state index contributed by atoms with van der Waals surface area (Å²) in [6, 6.07) is 73.1. The van der Waals surface area contributed by atoms with Gasteiger partial charge in [-0.3, -0.25) is 0 Å². The molecule has 0 aromatic heterocycles. The largest absolute Gasteiger partial charge is 0.399 e. The van der Waals surface area contributed by atoms with Crippen molar-refractivity contribution in [1.29, 1.82) is 0 Å². The predicted octanol–water partition coefficient (Wildman–Crippen LogP) is 13.1. The molecule has 0 spiro atoms.